The smallest absolute Gasteiger partial charge is 0.222 e. The van der Waals surface area contributed by atoms with Crippen molar-refractivity contribution in [2.75, 3.05) is 12.8 Å². The zero-order valence-electron chi connectivity index (χ0n) is 13.2. The van der Waals surface area contributed by atoms with Gasteiger partial charge in [-0.3, -0.25) is 0 Å². The van der Waals surface area contributed by atoms with Crippen LogP contribution in [0.15, 0.2) is 48.8 Å². The Hall–Kier alpha value is -3.19. The number of aromatic nitrogens is 5. The van der Waals surface area contributed by atoms with E-state index in [-0.39, 0.29) is 0 Å². The van der Waals surface area contributed by atoms with E-state index < -0.39 is 0 Å². The van der Waals surface area contributed by atoms with E-state index in [1.54, 1.807) is 25.6 Å². The summed E-state index contributed by atoms with van der Waals surface area (Å²) >= 11 is 6.46. The monoisotopic (exact) mass is 352 g/mol. The molecule has 0 saturated carbocycles. The minimum atomic E-state index is 0.355. The molecule has 0 fully saturated rings. The van der Waals surface area contributed by atoms with E-state index in [1.165, 1.54) is 4.09 Å². The third-order valence-electron chi connectivity index (χ3n) is 3.77. The molecule has 0 bridgehead atoms. The number of pyridine rings is 3. The molecule has 2 N–H and O–H groups in total. The summed E-state index contributed by atoms with van der Waals surface area (Å²) in [5.74, 6) is 1.34. The number of nitrogens with two attached hydrogens (primary N) is 1. The highest BCUT2D eigenvalue weighted by Crippen LogP contribution is 2.31. The lowest BCUT2D eigenvalue weighted by Crippen LogP contribution is -1.97. The van der Waals surface area contributed by atoms with Gasteiger partial charge in [-0.25, -0.2) is 24.0 Å². The van der Waals surface area contributed by atoms with E-state index >= 15 is 0 Å². The van der Waals surface area contributed by atoms with Gasteiger partial charge in [0.1, 0.15) is 11.3 Å². The van der Waals surface area contributed by atoms with Gasteiger partial charge in [-0.15, -0.1) is 0 Å². The molecule has 0 unspecified atom stereocenters. The lowest BCUT2D eigenvalue weighted by atomic mass is 10.2. The maximum Gasteiger partial charge on any atom is 0.222 e. The van der Waals surface area contributed by atoms with Gasteiger partial charge in [0.05, 0.1) is 23.9 Å². The summed E-state index contributed by atoms with van der Waals surface area (Å²) in [6, 6.07) is 11.0. The van der Waals surface area contributed by atoms with Gasteiger partial charge in [-0.1, -0.05) is 0 Å². The molecule has 7 nitrogen and oxygen atoms in total. The van der Waals surface area contributed by atoms with Gasteiger partial charge in [0.15, 0.2) is 11.5 Å². The summed E-state index contributed by atoms with van der Waals surface area (Å²) in [6.07, 6.45) is 3.28. The Kier molecular flexibility index (Phi) is 3.70. The molecule has 0 amide bonds. The predicted octanol–water partition coefficient (Wildman–Crippen LogP) is 3.15. The second kappa shape index (κ2) is 6.03. The number of hydrogen-bond donors (Lipinski definition) is 1. The maximum atomic E-state index is 6.46. The summed E-state index contributed by atoms with van der Waals surface area (Å²) in [5, 5.41) is 0. The summed E-state index contributed by atoms with van der Waals surface area (Å²) in [4.78, 5) is 17.4. The van der Waals surface area contributed by atoms with Crippen LogP contribution in [0, 0.1) is 0 Å². The lowest BCUT2D eigenvalue weighted by molar-refractivity contribution is 0.399. The first-order valence-corrected chi connectivity index (χ1v) is 7.78. The van der Waals surface area contributed by atoms with Crippen LogP contribution >= 0.6 is 11.8 Å². The van der Waals surface area contributed by atoms with E-state index in [0.29, 0.717) is 39.9 Å². The Bertz CT molecular complexity index is 1080. The number of fused-ring (bicyclic) bond motifs is 1. The molecule has 8 heteroatoms. The molecule has 124 valence electrons. The first kappa shape index (κ1) is 15.3. The second-order valence-electron chi connectivity index (χ2n) is 5.25. The summed E-state index contributed by atoms with van der Waals surface area (Å²) < 4.78 is 6.68. The highest BCUT2D eigenvalue weighted by atomic mass is 35.5. The number of methoxy groups -OCH3 is 1. The van der Waals surface area contributed by atoms with Gasteiger partial charge >= 0.3 is 0 Å². The fourth-order valence-corrected chi connectivity index (χ4v) is 2.86. The van der Waals surface area contributed by atoms with Crippen molar-refractivity contribution in [3.8, 4) is 28.5 Å². The van der Waals surface area contributed by atoms with Crippen molar-refractivity contribution in [3.05, 3.63) is 48.8 Å². The van der Waals surface area contributed by atoms with Crippen molar-refractivity contribution in [2.45, 2.75) is 0 Å². The van der Waals surface area contributed by atoms with Crippen molar-refractivity contribution in [1.82, 2.24) is 24.0 Å². The Balaban J connectivity index is 1.90. The SMILES string of the molecule is COc1ncccc1-c1ccc2nc(-c3cccnc3N)n(Cl)c2n1. The van der Waals surface area contributed by atoms with Crippen molar-refractivity contribution >= 4 is 28.8 Å². The zero-order valence-corrected chi connectivity index (χ0v) is 14.0. The molecule has 4 heterocycles. The molecule has 0 aliphatic heterocycles. The predicted molar refractivity (Wildman–Crippen MR) is 96.2 cm³/mol. The molecule has 4 aromatic rings. The first-order valence-electron chi connectivity index (χ1n) is 7.45. The number of rotatable bonds is 3. The van der Waals surface area contributed by atoms with E-state index in [4.69, 9.17) is 22.2 Å². The quantitative estimate of drug-likeness (QED) is 0.609. The van der Waals surface area contributed by atoms with Gasteiger partial charge < -0.3 is 10.5 Å². The average Bonchev–Trinajstić information content (AvgIpc) is 2.98. The Labute approximate surface area is 148 Å². The fourth-order valence-electron chi connectivity index (χ4n) is 2.60. The van der Waals surface area contributed by atoms with Crippen LogP contribution in [0.4, 0.5) is 5.82 Å². The second-order valence-corrected chi connectivity index (χ2v) is 5.59. The normalized spacial score (nSPS) is 11.0. The molecule has 4 aromatic heterocycles. The van der Waals surface area contributed by atoms with Crippen molar-refractivity contribution in [1.29, 1.82) is 0 Å². The van der Waals surface area contributed by atoms with Crippen LogP contribution in [0.1, 0.15) is 0 Å². The van der Waals surface area contributed by atoms with Gasteiger partial charge in [0.2, 0.25) is 5.88 Å². The van der Waals surface area contributed by atoms with Crippen molar-refractivity contribution < 1.29 is 4.74 Å². The van der Waals surface area contributed by atoms with Crippen molar-refractivity contribution in [2.24, 2.45) is 0 Å². The number of ether oxygens (including phenoxy) is 1. The molecule has 0 aliphatic rings. The Morgan fingerprint density at radius 3 is 2.52 bits per heavy atom. The van der Waals surface area contributed by atoms with Gasteiger partial charge in [0, 0.05) is 24.2 Å². The third kappa shape index (κ3) is 2.54. The fraction of sp³-hybridized carbons (Fsp3) is 0.0588. The number of imidazole rings is 1. The van der Waals surface area contributed by atoms with E-state index in [2.05, 4.69) is 19.9 Å². The highest BCUT2D eigenvalue weighted by Gasteiger charge is 2.17. The van der Waals surface area contributed by atoms with E-state index in [1.807, 2.05) is 30.3 Å². The van der Waals surface area contributed by atoms with Crippen LogP contribution in [0.5, 0.6) is 5.88 Å². The summed E-state index contributed by atoms with van der Waals surface area (Å²) in [5.41, 5.74) is 9.21. The standard InChI is InChI=1S/C17H13ClN6O/c1-25-17-10(4-2-9-21-17)12-6-7-13-16(22-12)24(18)15(23-13)11-5-3-8-20-14(11)19/h2-9H,1H3,(H2,19,20). The minimum absolute atomic E-state index is 0.355. The van der Waals surface area contributed by atoms with E-state index in [9.17, 15) is 0 Å². The van der Waals surface area contributed by atoms with Crippen LogP contribution in [0.2, 0.25) is 0 Å². The van der Waals surface area contributed by atoms with Gasteiger partial charge in [-0.2, -0.15) is 0 Å². The summed E-state index contributed by atoms with van der Waals surface area (Å²) in [7, 11) is 1.57. The molecular weight excluding hydrogens is 340 g/mol. The van der Waals surface area contributed by atoms with Gasteiger partial charge in [0.25, 0.3) is 0 Å². The molecule has 25 heavy (non-hydrogen) atoms. The minimum Gasteiger partial charge on any atom is -0.481 e. The molecule has 4 rings (SSSR count). The van der Waals surface area contributed by atoms with Gasteiger partial charge in [-0.05, 0) is 36.4 Å². The largest absolute Gasteiger partial charge is 0.481 e. The van der Waals surface area contributed by atoms with Crippen LogP contribution < -0.4 is 10.5 Å². The number of halogens is 1. The third-order valence-corrected chi connectivity index (χ3v) is 4.09. The van der Waals surface area contributed by atoms with Crippen LogP contribution in [0.3, 0.4) is 0 Å². The average molecular weight is 353 g/mol. The Morgan fingerprint density at radius 2 is 1.76 bits per heavy atom. The zero-order chi connectivity index (χ0) is 17.4. The number of nitrogen functional groups attached to an aromatic ring is 1. The topological polar surface area (TPSA) is 91.7 Å². The molecule has 0 radical (unpaired) electrons. The summed E-state index contributed by atoms with van der Waals surface area (Å²) in [6.45, 7) is 0. The molecule has 0 aromatic carbocycles. The molecule has 0 aliphatic carbocycles. The number of nitrogens with zero attached hydrogens (tertiary/aromatic N) is 5. The molecule has 0 atom stereocenters. The van der Waals surface area contributed by atoms with E-state index in [0.717, 1.165) is 5.56 Å². The molecular formula is C17H13ClN6O. The lowest BCUT2D eigenvalue weighted by Gasteiger charge is -2.06. The number of hydrogen-bond acceptors (Lipinski definition) is 6. The number of anilines is 1. The molecule has 0 spiro atoms. The maximum absolute atomic E-state index is 6.46. The van der Waals surface area contributed by atoms with Crippen LogP contribution in [-0.4, -0.2) is 31.1 Å². The van der Waals surface area contributed by atoms with Crippen molar-refractivity contribution in [3.63, 3.8) is 0 Å². The van der Waals surface area contributed by atoms with Crippen LogP contribution in [0.25, 0.3) is 33.8 Å². The molecule has 0 saturated heterocycles. The van der Waals surface area contributed by atoms with Crippen LogP contribution in [-0.2, 0) is 0 Å². The Morgan fingerprint density at radius 1 is 1.00 bits per heavy atom. The first-order chi connectivity index (χ1) is 12.2. The highest BCUT2D eigenvalue weighted by molar-refractivity contribution is 6.20.